The van der Waals surface area contributed by atoms with Crippen LogP contribution in [0.25, 0.3) is 0 Å². The van der Waals surface area contributed by atoms with E-state index in [1.165, 1.54) is 0 Å². The van der Waals surface area contributed by atoms with Crippen LogP contribution in [0, 0.1) is 11.8 Å². The maximum Gasteiger partial charge on any atom is 0.227 e. The molecule has 2 aromatic carbocycles. The zero-order valence-corrected chi connectivity index (χ0v) is 15.7. The van der Waals surface area contributed by atoms with Crippen LogP contribution in [-0.2, 0) is 9.59 Å². The summed E-state index contributed by atoms with van der Waals surface area (Å²) in [4.78, 5) is 24.9. The average molecular weight is 391 g/mol. The largest absolute Gasteiger partial charge is 0.326 e. The summed E-state index contributed by atoms with van der Waals surface area (Å²) in [6, 6.07) is 14.5. The summed E-state index contributed by atoms with van der Waals surface area (Å²) >= 11 is 12.2. The minimum absolute atomic E-state index is 0.0178. The lowest BCUT2D eigenvalue weighted by Gasteiger charge is -2.27. The fourth-order valence-electron chi connectivity index (χ4n) is 3.23. The molecular formula is C20H20Cl2N2O2. The van der Waals surface area contributed by atoms with Crippen molar-refractivity contribution in [2.75, 3.05) is 10.6 Å². The van der Waals surface area contributed by atoms with Gasteiger partial charge >= 0.3 is 0 Å². The maximum atomic E-state index is 12.5. The van der Waals surface area contributed by atoms with Crippen LogP contribution >= 0.6 is 23.2 Å². The predicted molar refractivity (Wildman–Crippen MR) is 106 cm³/mol. The molecule has 0 aromatic heterocycles. The summed E-state index contributed by atoms with van der Waals surface area (Å²) < 4.78 is 0. The number of hydrogen-bond donors (Lipinski definition) is 2. The van der Waals surface area contributed by atoms with E-state index >= 15 is 0 Å². The lowest BCUT2D eigenvalue weighted by Crippen LogP contribution is -2.32. The van der Waals surface area contributed by atoms with Gasteiger partial charge in [-0.2, -0.15) is 0 Å². The van der Waals surface area contributed by atoms with Crippen LogP contribution in [0.15, 0.2) is 48.5 Å². The van der Waals surface area contributed by atoms with Crippen LogP contribution in [0.4, 0.5) is 11.4 Å². The Bertz CT molecular complexity index is 767. The first-order valence-corrected chi connectivity index (χ1v) is 9.41. The van der Waals surface area contributed by atoms with Gasteiger partial charge in [0.25, 0.3) is 0 Å². The number of para-hydroxylation sites is 2. The predicted octanol–water partition coefficient (Wildman–Crippen LogP) is 5.38. The summed E-state index contributed by atoms with van der Waals surface area (Å²) in [5.74, 6) is -0.280. The molecule has 1 saturated carbocycles. The van der Waals surface area contributed by atoms with E-state index in [1.54, 1.807) is 18.2 Å². The van der Waals surface area contributed by atoms with Crippen molar-refractivity contribution in [3.8, 4) is 0 Å². The molecule has 1 aliphatic carbocycles. The average Bonchev–Trinajstić information content (AvgIpc) is 2.65. The van der Waals surface area contributed by atoms with E-state index in [0.717, 1.165) is 5.69 Å². The zero-order chi connectivity index (χ0) is 18.5. The fourth-order valence-corrected chi connectivity index (χ4v) is 3.72. The Labute approximate surface area is 162 Å². The summed E-state index contributed by atoms with van der Waals surface area (Å²) in [5.41, 5.74) is 1.25. The van der Waals surface area contributed by atoms with Gasteiger partial charge in [-0.25, -0.2) is 0 Å². The first kappa shape index (κ1) is 18.7. The topological polar surface area (TPSA) is 58.2 Å². The van der Waals surface area contributed by atoms with Crippen LogP contribution in [0.3, 0.4) is 0 Å². The molecular weight excluding hydrogens is 371 g/mol. The fraction of sp³-hybridized carbons (Fsp3) is 0.300. The molecule has 0 bridgehead atoms. The van der Waals surface area contributed by atoms with E-state index in [2.05, 4.69) is 10.6 Å². The Kier molecular flexibility index (Phi) is 6.17. The van der Waals surface area contributed by atoms with Gasteiger partial charge in [0.1, 0.15) is 0 Å². The van der Waals surface area contributed by atoms with E-state index in [-0.39, 0.29) is 23.7 Å². The highest BCUT2D eigenvalue weighted by molar-refractivity contribution is 6.39. The molecule has 0 unspecified atom stereocenters. The first-order chi connectivity index (χ1) is 12.5. The van der Waals surface area contributed by atoms with Crippen LogP contribution in [-0.4, -0.2) is 11.8 Å². The van der Waals surface area contributed by atoms with Crippen LogP contribution in [0.1, 0.15) is 25.7 Å². The van der Waals surface area contributed by atoms with Crippen molar-refractivity contribution in [3.63, 3.8) is 0 Å². The van der Waals surface area contributed by atoms with Crippen LogP contribution in [0.2, 0.25) is 10.0 Å². The van der Waals surface area contributed by atoms with E-state index in [4.69, 9.17) is 23.2 Å². The third kappa shape index (κ3) is 4.57. The summed E-state index contributed by atoms with van der Waals surface area (Å²) in [5, 5.41) is 6.60. The van der Waals surface area contributed by atoms with Crippen molar-refractivity contribution in [3.05, 3.63) is 58.6 Å². The lowest BCUT2D eigenvalue weighted by molar-refractivity contribution is -0.125. The van der Waals surface area contributed by atoms with Gasteiger partial charge in [0, 0.05) is 17.5 Å². The van der Waals surface area contributed by atoms with Crippen molar-refractivity contribution < 1.29 is 9.59 Å². The maximum absolute atomic E-state index is 12.5. The Balaban J connectivity index is 1.53. The molecule has 136 valence electrons. The quantitative estimate of drug-likeness (QED) is 0.736. The third-order valence-electron chi connectivity index (χ3n) is 4.72. The normalized spacial score (nSPS) is 19.6. The number of amides is 2. The van der Waals surface area contributed by atoms with Gasteiger partial charge in [0.2, 0.25) is 11.8 Å². The number of benzene rings is 2. The molecule has 0 saturated heterocycles. The number of hydrogen-bond acceptors (Lipinski definition) is 2. The zero-order valence-electron chi connectivity index (χ0n) is 14.2. The number of carbonyl (C=O) groups excluding carboxylic acids is 2. The van der Waals surface area contributed by atoms with Gasteiger partial charge in [-0.15, -0.1) is 0 Å². The van der Waals surface area contributed by atoms with E-state index in [1.807, 2.05) is 30.3 Å². The van der Waals surface area contributed by atoms with Crippen molar-refractivity contribution in [2.45, 2.75) is 25.7 Å². The molecule has 0 spiro atoms. The van der Waals surface area contributed by atoms with Gasteiger partial charge in [-0.3, -0.25) is 9.59 Å². The highest BCUT2D eigenvalue weighted by Crippen LogP contribution is 2.33. The smallest absolute Gasteiger partial charge is 0.227 e. The van der Waals surface area contributed by atoms with Gasteiger partial charge in [0.05, 0.1) is 15.7 Å². The Morgan fingerprint density at radius 1 is 0.731 bits per heavy atom. The molecule has 0 heterocycles. The minimum atomic E-state index is -0.136. The Hall–Kier alpha value is -2.04. The minimum Gasteiger partial charge on any atom is -0.326 e. The second-order valence-corrected chi connectivity index (χ2v) is 7.30. The molecule has 6 heteroatoms. The number of rotatable bonds is 4. The first-order valence-electron chi connectivity index (χ1n) is 8.65. The number of anilines is 2. The van der Waals surface area contributed by atoms with Crippen molar-refractivity contribution in [1.29, 1.82) is 0 Å². The van der Waals surface area contributed by atoms with E-state index < -0.39 is 0 Å². The molecule has 3 rings (SSSR count). The van der Waals surface area contributed by atoms with Crippen molar-refractivity contribution >= 4 is 46.4 Å². The molecule has 0 aliphatic heterocycles. The van der Waals surface area contributed by atoms with Gasteiger partial charge in [0.15, 0.2) is 0 Å². The van der Waals surface area contributed by atoms with E-state index in [0.29, 0.717) is 41.4 Å². The van der Waals surface area contributed by atoms with Crippen LogP contribution < -0.4 is 10.6 Å². The molecule has 1 fully saturated rings. The highest BCUT2D eigenvalue weighted by atomic mass is 35.5. The number of carbonyl (C=O) groups is 2. The summed E-state index contributed by atoms with van der Waals surface area (Å²) in [7, 11) is 0. The molecule has 0 atom stereocenters. The van der Waals surface area contributed by atoms with E-state index in [9.17, 15) is 9.59 Å². The Morgan fingerprint density at radius 3 is 1.77 bits per heavy atom. The highest BCUT2D eigenvalue weighted by Gasteiger charge is 2.30. The molecule has 4 nitrogen and oxygen atoms in total. The second-order valence-electron chi connectivity index (χ2n) is 6.49. The summed E-state index contributed by atoms with van der Waals surface area (Å²) in [6.07, 6.45) is 2.71. The van der Waals surface area contributed by atoms with Crippen molar-refractivity contribution in [2.24, 2.45) is 11.8 Å². The number of halogens is 2. The molecule has 2 N–H and O–H groups in total. The van der Waals surface area contributed by atoms with Gasteiger partial charge in [-0.05, 0) is 49.9 Å². The third-order valence-corrected chi connectivity index (χ3v) is 5.35. The molecule has 1 aliphatic rings. The summed E-state index contributed by atoms with van der Waals surface area (Å²) in [6.45, 7) is 0. The van der Waals surface area contributed by atoms with Crippen molar-refractivity contribution in [1.82, 2.24) is 0 Å². The SMILES string of the molecule is O=C(Nc1ccccc1)C1CCC(C(=O)Nc2c(Cl)cccc2Cl)CC1. The monoisotopic (exact) mass is 390 g/mol. The Morgan fingerprint density at radius 2 is 1.23 bits per heavy atom. The van der Waals surface area contributed by atoms with Crippen LogP contribution in [0.5, 0.6) is 0 Å². The molecule has 2 amide bonds. The second kappa shape index (κ2) is 8.56. The van der Waals surface area contributed by atoms with Gasteiger partial charge in [-0.1, -0.05) is 47.5 Å². The molecule has 2 aromatic rings. The number of nitrogens with one attached hydrogen (secondary N) is 2. The molecule has 0 radical (unpaired) electrons. The van der Waals surface area contributed by atoms with Gasteiger partial charge < -0.3 is 10.6 Å². The molecule has 26 heavy (non-hydrogen) atoms. The standard InChI is InChI=1S/C20H20Cl2N2O2/c21-16-7-4-8-17(22)18(16)24-20(26)14-11-9-13(10-12-14)19(25)23-15-5-2-1-3-6-15/h1-8,13-14H,9-12H2,(H,23,25)(H,24,26). The lowest BCUT2D eigenvalue weighted by atomic mass is 9.81.